The average molecular weight is 297 g/mol. The van der Waals surface area contributed by atoms with Crippen LogP contribution in [-0.2, 0) is 14.8 Å². The van der Waals surface area contributed by atoms with Gasteiger partial charge in [-0.1, -0.05) is 24.6 Å². The second-order valence-electron chi connectivity index (χ2n) is 5.43. The maximum absolute atomic E-state index is 12.7. The third-order valence-corrected chi connectivity index (χ3v) is 5.87. The first-order chi connectivity index (χ1) is 9.25. The lowest BCUT2D eigenvalue weighted by atomic mass is 10.0. The van der Waals surface area contributed by atoms with Crippen molar-refractivity contribution in [2.45, 2.75) is 38.1 Å². The van der Waals surface area contributed by atoms with Crippen LogP contribution < -0.4 is 0 Å². The highest BCUT2D eigenvalue weighted by Gasteiger charge is 2.44. The molecule has 1 heterocycles. The minimum Gasteiger partial charge on any atom is -0.480 e. The highest BCUT2D eigenvalue weighted by atomic mass is 32.2. The van der Waals surface area contributed by atoms with Gasteiger partial charge in [-0.05, 0) is 37.8 Å². The quantitative estimate of drug-likeness (QED) is 0.923. The Morgan fingerprint density at radius 3 is 2.55 bits per heavy atom. The largest absolute Gasteiger partial charge is 0.480 e. The Hall–Kier alpha value is -1.40. The Balaban J connectivity index is 2.47. The summed E-state index contributed by atoms with van der Waals surface area (Å²) in [7, 11) is -3.76. The number of aliphatic carboxylic acids is 1. The van der Waals surface area contributed by atoms with E-state index in [0.717, 1.165) is 9.87 Å². The number of hydrogen-bond donors (Lipinski definition) is 1. The first-order valence-electron chi connectivity index (χ1n) is 6.57. The molecule has 6 heteroatoms. The number of benzene rings is 1. The highest BCUT2D eigenvalue weighted by Crippen LogP contribution is 2.31. The van der Waals surface area contributed by atoms with Crippen molar-refractivity contribution < 1.29 is 18.3 Å². The van der Waals surface area contributed by atoms with Gasteiger partial charge in [0.25, 0.3) is 0 Å². The molecular formula is C14H19NO4S. The Kier molecular flexibility index (Phi) is 3.88. The minimum atomic E-state index is -3.76. The molecular weight excluding hydrogens is 278 g/mol. The summed E-state index contributed by atoms with van der Waals surface area (Å²) in [5, 5.41) is 9.27. The predicted octanol–water partition coefficient (Wildman–Crippen LogP) is 1.79. The number of hydrogen-bond acceptors (Lipinski definition) is 3. The van der Waals surface area contributed by atoms with E-state index in [1.807, 2.05) is 6.92 Å². The van der Waals surface area contributed by atoms with Crippen molar-refractivity contribution in [3.05, 3.63) is 29.3 Å². The number of rotatable bonds is 3. The maximum Gasteiger partial charge on any atom is 0.322 e. The Morgan fingerprint density at radius 2 is 2.00 bits per heavy atom. The van der Waals surface area contributed by atoms with E-state index < -0.39 is 22.0 Å². The topological polar surface area (TPSA) is 74.7 Å². The zero-order valence-electron chi connectivity index (χ0n) is 11.8. The highest BCUT2D eigenvalue weighted by molar-refractivity contribution is 7.89. The van der Waals surface area contributed by atoms with Crippen molar-refractivity contribution in [2.75, 3.05) is 6.54 Å². The van der Waals surface area contributed by atoms with Crippen molar-refractivity contribution in [2.24, 2.45) is 5.92 Å². The number of sulfonamides is 1. The van der Waals surface area contributed by atoms with Crippen LogP contribution in [0, 0.1) is 19.8 Å². The summed E-state index contributed by atoms with van der Waals surface area (Å²) >= 11 is 0. The summed E-state index contributed by atoms with van der Waals surface area (Å²) < 4.78 is 26.5. The summed E-state index contributed by atoms with van der Waals surface area (Å²) in [4.78, 5) is 11.5. The second kappa shape index (κ2) is 5.18. The summed E-state index contributed by atoms with van der Waals surface area (Å²) in [6.07, 6.45) is 0.571. The molecule has 0 spiro atoms. The van der Waals surface area contributed by atoms with Crippen molar-refractivity contribution in [1.82, 2.24) is 4.31 Å². The van der Waals surface area contributed by atoms with Crippen LogP contribution >= 0.6 is 0 Å². The molecule has 1 fully saturated rings. The van der Waals surface area contributed by atoms with Crippen LogP contribution in [0.4, 0.5) is 0 Å². The standard InChI is InChI=1S/C14H19NO4S/c1-9-4-5-12(11(3)8-9)20(18,19)15-7-6-10(2)13(15)14(16)17/h4-5,8,10,13H,6-7H2,1-3H3,(H,16,17). The van der Waals surface area contributed by atoms with Crippen molar-refractivity contribution in [1.29, 1.82) is 0 Å². The van der Waals surface area contributed by atoms with Gasteiger partial charge in [-0.3, -0.25) is 4.79 Å². The predicted molar refractivity (Wildman–Crippen MR) is 75.0 cm³/mol. The summed E-state index contributed by atoms with van der Waals surface area (Å²) in [6.45, 7) is 5.65. The summed E-state index contributed by atoms with van der Waals surface area (Å²) in [5.41, 5.74) is 1.62. The molecule has 1 saturated heterocycles. The molecule has 1 aromatic rings. The molecule has 1 aliphatic rings. The van der Waals surface area contributed by atoms with Crippen LogP contribution in [0.1, 0.15) is 24.5 Å². The van der Waals surface area contributed by atoms with Crippen LogP contribution in [0.25, 0.3) is 0 Å². The normalized spacial score (nSPS) is 23.9. The first kappa shape index (κ1) is 15.0. The first-order valence-corrected chi connectivity index (χ1v) is 8.01. The molecule has 20 heavy (non-hydrogen) atoms. The molecule has 2 atom stereocenters. The average Bonchev–Trinajstić information content (AvgIpc) is 2.71. The van der Waals surface area contributed by atoms with Crippen molar-refractivity contribution >= 4 is 16.0 Å². The fourth-order valence-electron chi connectivity index (χ4n) is 2.76. The number of carboxylic acids is 1. The van der Waals surface area contributed by atoms with E-state index in [1.54, 1.807) is 32.0 Å². The fourth-order valence-corrected chi connectivity index (χ4v) is 4.66. The van der Waals surface area contributed by atoms with Gasteiger partial charge in [0.05, 0.1) is 4.90 Å². The van der Waals surface area contributed by atoms with Gasteiger partial charge in [0.1, 0.15) is 6.04 Å². The van der Waals surface area contributed by atoms with E-state index in [-0.39, 0.29) is 17.4 Å². The third-order valence-electron chi connectivity index (χ3n) is 3.82. The van der Waals surface area contributed by atoms with E-state index in [4.69, 9.17) is 0 Å². The molecule has 2 unspecified atom stereocenters. The zero-order chi connectivity index (χ0) is 15.1. The number of carbonyl (C=O) groups is 1. The minimum absolute atomic E-state index is 0.173. The van der Waals surface area contributed by atoms with Gasteiger partial charge in [0.2, 0.25) is 10.0 Å². The molecule has 0 radical (unpaired) electrons. The van der Waals surface area contributed by atoms with Gasteiger partial charge >= 0.3 is 5.97 Å². The van der Waals surface area contributed by atoms with E-state index >= 15 is 0 Å². The summed E-state index contributed by atoms with van der Waals surface area (Å²) in [5.74, 6) is -1.25. The SMILES string of the molecule is Cc1ccc(S(=O)(=O)N2CCC(C)C2C(=O)O)c(C)c1. The van der Waals surface area contributed by atoms with E-state index in [2.05, 4.69) is 0 Å². The van der Waals surface area contributed by atoms with Gasteiger partial charge in [0.15, 0.2) is 0 Å². The third kappa shape index (κ3) is 2.45. The van der Waals surface area contributed by atoms with Gasteiger partial charge in [-0.15, -0.1) is 0 Å². The van der Waals surface area contributed by atoms with Gasteiger partial charge < -0.3 is 5.11 Å². The Labute approximate surface area is 119 Å². The molecule has 0 amide bonds. The van der Waals surface area contributed by atoms with Crippen LogP contribution in [-0.4, -0.2) is 36.4 Å². The summed E-state index contributed by atoms with van der Waals surface area (Å²) in [6, 6.07) is 4.11. The van der Waals surface area contributed by atoms with Gasteiger partial charge in [-0.25, -0.2) is 8.42 Å². The van der Waals surface area contributed by atoms with Crippen molar-refractivity contribution in [3.63, 3.8) is 0 Å². The number of nitrogens with zero attached hydrogens (tertiary/aromatic N) is 1. The van der Waals surface area contributed by atoms with Crippen LogP contribution in [0.2, 0.25) is 0 Å². The fraction of sp³-hybridized carbons (Fsp3) is 0.500. The Bertz CT molecular complexity index is 639. The van der Waals surface area contributed by atoms with Crippen molar-refractivity contribution in [3.8, 4) is 0 Å². The lowest BCUT2D eigenvalue weighted by molar-refractivity contribution is -0.141. The smallest absolute Gasteiger partial charge is 0.322 e. The van der Waals surface area contributed by atoms with E-state index in [9.17, 15) is 18.3 Å². The van der Waals surface area contributed by atoms with Crippen LogP contribution in [0.15, 0.2) is 23.1 Å². The molecule has 0 aliphatic carbocycles. The molecule has 0 bridgehead atoms. The zero-order valence-corrected chi connectivity index (χ0v) is 12.6. The lowest BCUT2D eigenvalue weighted by Gasteiger charge is -2.23. The van der Waals surface area contributed by atoms with E-state index in [0.29, 0.717) is 12.0 Å². The maximum atomic E-state index is 12.7. The molecule has 1 N–H and O–H groups in total. The van der Waals surface area contributed by atoms with Gasteiger partial charge in [0, 0.05) is 6.54 Å². The number of aryl methyl sites for hydroxylation is 2. The Morgan fingerprint density at radius 1 is 1.35 bits per heavy atom. The van der Waals surface area contributed by atoms with Crippen LogP contribution in [0.3, 0.4) is 0 Å². The molecule has 1 aliphatic heterocycles. The lowest BCUT2D eigenvalue weighted by Crippen LogP contribution is -2.42. The monoisotopic (exact) mass is 297 g/mol. The van der Waals surface area contributed by atoms with Gasteiger partial charge in [-0.2, -0.15) is 4.31 Å². The van der Waals surface area contributed by atoms with E-state index in [1.165, 1.54) is 0 Å². The molecule has 2 rings (SSSR count). The van der Waals surface area contributed by atoms with Crippen LogP contribution in [0.5, 0.6) is 0 Å². The molecule has 0 saturated carbocycles. The molecule has 5 nitrogen and oxygen atoms in total. The molecule has 110 valence electrons. The molecule has 1 aromatic carbocycles. The molecule has 0 aromatic heterocycles. The number of carboxylic acid groups (broad SMARTS) is 1. The second-order valence-corrected chi connectivity index (χ2v) is 7.29.